The van der Waals surface area contributed by atoms with Gasteiger partial charge in [-0.2, -0.15) is 9.78 Å². The molecule has 3 aromatic rings. The largest absolute Gasteiger partial charge is 0.451 e. The fraction of sp³-hybridized carbons (Fsp3) is 0.167. The highest BCUT2D eigenvalue weighted by molar-refractivity contribution is 6.02. The summed E-state index contributed by atoms with van der Waals surface area (Å²) in [6, 6.07) is 9.12. The fourth-order valence-electron chi connectivity index (χ4n) is 3.13. The lowest BCUT2D eigenvalue weighted by Gasteiger charge is -2.20. The molecule has 1 aromatic heterocycles. The molecule has 138 valence electrons. The molecule has 0 radical (unpaired) electrons. The number of urea groups is 1. The van der Waals surface area contributed by atoms with Gasteiger partial charge in [0.05, 0.1) is 30.2 Å². The Bertz CT molecular complexity index is 1050. The molecule has 0 saturated heterocycles. The van der Waals surface area contributed by atoms with E-state index in [0.29, 0.717) is 28.8 Å². The van der Waals surface area contributed by atoms with Crippen molar-refractivity contribution in [3.63, 3.8) is 0 Å². The summed E-state index contributed by atoms with van der Waals surface area (Å²) in [5, 5.41) is 8.92. The van der Waals surface area contributed by atoms with Crippen molar-refractivity contribution < 1.29 is 18.7 Å². The highest BCUT2D eigenvalue weighted by Crippen LogP contribution is 2.27. The lowest BCUT2D eigenvalue weighted by atomic mass is 10.2. The molecule has 0 spiro atoms. The van der Waals surface area contributed by atoms with Crippen molar-refractivity contribution in [2.75, 3.05) is 24.0 Å². The molecular formula is C18H16FN5O3. The van der Waals surface area contributed by atoms with Gasteiger partial charge in [-0.05, 0) is 36.2 Å². The van der Waals surface area contributed by atoms with Crippen molar-refractivity contribution in [3.8, 4) is 0 Å². The zero-order valence-corrected chi connectivity index (χ0v) is 14.4. The van der Waals surface area contributed by atoms with Crippen molar-refractivity contribution in [2.24, 2.45) is 0 Å². The summed E-state index contributed by atoms with van der Waals surface area (Å²) in [5.41, 5.74) is 5.32. The van der Waals surface area contributed by atoms with Crippen molar-refractivity contribution in [1.29, 1.82) is 0 Å². The monoisotopic (exact) mass is 369 g/mol. The fourth-order valence-corrected chi connectivity index (χ4v) is 3.13. The molecule has 2 amide bonds. The van der Waals surface area contributed by atoms with Crippen molar-refractivity contribution in [1.82, 2.24) is 15.2 Å². The number of methoxy groups -OCH3 is 1. The maximum Gasteiger partial charge on any atom is 0.434 e. The molecule has 0 aliphatic carbocycles. The van der Waals surface area contributed by atoms with Crippen molar-refractivity contribution >= 4 is 34.4 Å². The van der Waals surface area contributed by atoms with Crippen LogP contribution < -0.4 is 15.8 Å². The molecular weight excluding hydrogens is 353 g/mol. The quantitative estimate of drug-likeness (QED) is 0.725. The van der Waals surface area contributed by atoms with Gasteiger partial charge in [-0.3, -0.25) is 5.01 Å². The number of amides is 2. The third-order valence-electron chi connectivity index (χ3n) is 4.39. The molecule has 4 rings (SSSR count). The second-order valence-electron chi connectivity index (χ2n) is 6.01. The minimum Gasteiger partial charge on any atom is -0.451 e. The van der Waals surface area contributed by atoms with Crippen molar-refractivity contribution in [2.45, 2.75) is 6.42 Å². The Hall–Kier alpha value is -3.62. The Balaban J connectivity index is 1.54. The number of fused-ring (bicyclic) bond motifs is 2. The maximum absolute atomic E-state index is 13.5. The van der Waals surface area contributed by atoms with Gasteiger partial charge in [0.2, 0.25) is 0 Å². The van der Waals surface area contributed by atoms with E-state index in [0.717, 1.165) is 16.7 Å². The van der Waals surface area contributed by atoms with E-state index in [2.05, 4.69) is 20.6 Å². The second-order valence-corrected chi connectivity index (χ2v) is 6.01. The topological polar surface area (TPSA) is 88.5 Å². The van der Waals surface area contributed by atoms with Crippen LogP contribution in [-0.2, 0) is 11.2 Å². The predicted molar refractivity (Wildman–Crippen MR) is 97.1 cm³/mol. The SMILES string of the molecule is COC(=O)n1ncc2c(NC(=O)NN3CCc4ccc(F)cc43)cccc21. The van der Waals surface area contributed by atoms with Gasteiger partial charge in [0.1, 0.15) is 5.82 Å². The Labute approximate surface area is 153 Å². The summed E-state index contributed by atoms with van der Waals surface area (Å²) in [7, 11) is 1.27. The zero-order valence-electron chi connectivity index (χ0n) is 14.4. The number of anilines is 2. The van der Waals surface area contributed by atoms with E-state index in [-0.39, 0.29) is 5.82 Å². The number of hydrazine groups is 1. The van der Waals surface area contributed by atoms with E-state index in [1.807, 2.05) is 0 Å². The van der Waals surface area contributed by atoms with Gasteiger partial charge in [0.15, 0.2) is 0 Å². The van der Waals surface area contributed by atoms with E-state index >= 15 is 0 Å². The molecule has 0 unspecified atom stereocenters. The maximum atomic E-state index is 13.5. The van der Waals surface area contributed by atoms with E-state index in [4.69, 9.17) is 0 Å². The number of ether oxygens (including phenoxy) is 1. The van der Waals surface area contributed by atoms with Crippen LogP contribution in [0.25, 0.3) is 10.9 Å². The summed E-state index contributed by atoms with van der Waals surface area (Å²) in [4.78, 5) is 24.2. The van der Waals surface area contributed by atoms with E-state index < -0.39 is 12.1 Å². The minimum atomic E-state index is -0.623. The van der Waals surface area contributed by atoms with Gasteiger partial charge >= 0.3 is 12.1 Å². The molecule has 0 atom stereocenters. The predicted octanol–water partition coefficient (Wildman–Crippen LogP) is 2.89. The second kappa shape index (κ2) is 6.60. The molecule has 0 fully saturated rings. The van der Waals surface area contributed by atoms with Gasteiger partial charge < -0.3 is 10.1 Å². The van der Waals surface area contributed by atoms with Gasteiger partial charge in [-0.1, -0.05) is 12.1 Å². The normalized spacial score (nSPS) is 12.7. The zero-order chi connectivity index (χ0) is 19.0. The first-order chi connectivity index (χ1) is 13.1. The lowest BCUT2D eigenvalue weighted by Crippen LogP contribution is -2.43. The van der Waals surface area contributed by atoms with Crippen LogP contribution in [-0.4, -0.2) is 35.6 Å². The highest BCUT2D eigenvalue weighted by Gasteiger charge is 2.22. The number of rotatable bonds is 2. The Kier molecular flexibility index (Phi) is 4.11. The van der Waals surface area contributed by atoms with Crippen molar-refractivity contribution in [3.05, 3.63) is 54.0 Å². The number of hydrogen-bond donors (Lipinski definition) is 2. The smallest absolute Gasteiger partial charge is 0.434 e. The lowest BCUT2D eigenvalue weighted by molar-refractivity contribution is 0.170. The van der Waals surface area contributed by atoms with E-state index in [1.165, 1.54) is 25.4 Å². The third kappa shape index (κ3) is 3.03. The molecule has 2 aromatic carbocycles. The molecule has 0 bridgehead atoms. The Morgan fingerprint density at radius 1 is 1.26 bits per heavy atom. The highest BCUT2D eigenvalue weighted by atomic mass is 19.1. The number of nitrogens with one attached hydrogen (secondary N) is 2. The number of benzene rings is 2. The third-order valence-corrected chi connectivity index (χ3v) is 4.39. The molecule has 8 nitrogen and oxygen atoms in total. The molecule has 2 heterocycles. The van der Waals surface area contributed by atoms with E-state index in [9.17, 15) is 14.0 Å². The standard InChI is InChI=1S/C18H16FN5O3/c1-27-18(26)24-15-4-2-3-14(13(15)10-20-24)21-17(25)22-23-8-7-11-5-6-12(19)9-16(11)23/h2-6,9-10H,7-8H2,1H3,(H2,21,22,25). The van der Waals surface area contributed by atoms with Crippen LogP contribution >= 0.6 is 0 Å². The van der Waals surface area contributed by atoms with E-state index in [1.54, 1.807) is 29.3 Å². The van der Waals surface area contributed by atoms with Gasteiger partial charge in [-0.15, -0.1) is 0 Å². The van der Waals surface area contributed by atoms with Crippen LogP contribution in [0, 0.1) is 5.82 Å². The summed E-state index contributed by atoms with van der Waals surface area (Å²) >= 11 is 0. The summed E-state index contributed by atoms with van der Waals surface area (Å²) < 4.78 is 19.3. The van der Waals surface area contributed by atoms with Gasteiger partial charge in [-0.25, -0.2) is 19.4 Å². The van der Waals surface area contributed by atoms with Crippen LogP contribution in [0.2, 0.25) is 0 Å². The first kappa shape index (κ1) is 16.8. The number of hydrogen-bond acceptors (Lipinski definition) is 5. The van der Waals surface area contributed by atoms with Crippen LogP contribution in [0.3, 0.4) is 0 Å². The van der Waals surface area contributed by atoms with Crippen LogP contribution in [0.4, 0.5) is 25.4 Å². The summed E-state index contributed by atoms with van der Waals surface area (Å²) in [6.07, 6.45) is 1.57. The Morgan fingerprint density at radius 2 is 2.11 bits per heavy atom. The average Bonchev–Trinajstić information content (AvgIpc) is 3.26. The molecule has 2 N–H and O–H groups in total. The number of nitrogens with zero attached hydrogens (tertiary/aromatic N) is 3. The molecule has 0 saturated carbocycles. The minimum absolute atomic E-state index is 0.358. The number of carbonyl (C=O) groups is 2. The van der Waals surface area contributed by atoms with Crippen LogP contribution in [0.15, 0.2) is 42.6 Å². The first-order valence-corrected chi connectivity index (χ1v) is 8.25. The van der Waals surface area contributed by atoms with Crippen LogP contribution in [0.1, 0.15) is 5.56 Å². The molecule has 1 aliphatic heterocycles. The van der Waals surface area contributed by atoms with Gasteiger partial charge in [0, 0.05) is 11.9 Å². The molecule has 9 heteroatoms. The number of carbonyl (C=O) groups excluding carboxylic acids is 2. The molecule has 27 heavy (non-hydrogen) atoms. The Morgan fingerprint density at radius 3 is 2.93 bits per heavy atom. The summed E-state index contributed by atoms with van der Waals surface area (Å²) in [6.45, 7) is 0.552. The van der Waals surface area contributed by atoms with Crippen LogP contribution in [0.5, 0.6) is 0 Å². The number of halogens is 1. The molecule has 1 aliphatic rings. The first-order valence-electron chi connectivity index (χ1n) is 8.25. The average molecular weight is 369 g/mol. The summed E-state index contributed by atoms with van der Waals surface area (Å²) in [5.74, 6) is -0.358. The van der Waals surface area contributed by atoms with Gasteiger partial charge in [0.25, 0.3) is 0 Å². The number of aromatic nitrogens is 2.